The summed E-state index contributed by atoms with van der Waals surface area (Å²) in [5, 5.41) is 0. The fraction of sp³-hybridized carbons (Fsp3) is 0.235. The topological polar surface area (TPSA) is 17.1 Å². The molecular weight excluding hydrogens is 277 g/mol. The van der Waals surface area contributed by atoms with Crippen LogP contribution in [-0.2, 0) is 6.42 Å². The average molecular weight is 290 g/mol. The van der Waals surface area contributed by atoms with Crippen LogP contribution in [-0.4, -0.2) is 11.7 Å². The summed E-state index contributed by atoms with van der Waals surface area (Å²) in [6.45, 7) is 0. The number of alkyl halides is 2. The molecule has 0 saturated heterocycles. The summed E-state index contributed by atoms with van der Waals surface area (Å²) in [6.07, 6.45) is -0.211. The van der Waals surface area contributed by atoms with Gasteiger partial charge in [-0.2, -0.15) is 8.78 Å². The van der Waals surface area contributed by atoms with Gasteiger partial charge in [0.25, 0.3) is 0 Å². The Kier molecular flexibility index (Phi) is 3.32. The lowest BCUT2D eigenvalue weighted by Crippen LogP contribution is -2.37. The molecule has 0 saturated carbocycles. The predicted molar refractivity (Wildman–Crippen MR) is 73.2 cm³/mol. The van der Waals surface area contributed by atoms with Crippen molar-refractivity contribution in [3.8, 4) is 0 Å². The second-order valence-corrected chi connectivity index (χ2v) is 5.36. The normalized spacial score (nSPS) is 20.1. The molecule has 0 amide bonds. The van der Waals surface area contributed by atoms with Crippen molar-refractivity contribution in [2.24, 2.45) is 0 Å². The number of fused-ring (bicyclic) bond motifs is 1. The van der Waals surface area contributed by atoms with Gasteiger partial charge in [0.1, 0.15) is 5.82 Å². The molecule has 0 heterocycles. The smallest absolute Gasteiger partial charge is 0.287 e. The van der Waals surface area contributed by atoms with Crippen LogP contribution in [0.3, 0.4) is 0 Å². The van der Waals surface area contributed by atoms with Crippen LogP contribution < -0.4 is 0 Å². The molecule has 0 fully saturated rings. The van der Waals surface area contributed by atoms with E-state index in [4.69, 9.17) is 0 Å². The van der Waals surface area contributed by atoms with Crippen LogP contribution in [0.5, 0.6) is 0 Å². The van der Waals surface area contributed by atoms with Gasteiger partial charge in [-0.3, -0.25) is 4.79 Å². The largest absolute Gasteiger partial charge is 0.310 e. The summed E-state index contributed by atoms with van der Waals surface area (Å²) in [4.78, 5) is 11.8. The summed E-state index contributed by atoms with van der Waals surface area (Å²) >= 11 is 0. The van der Waals surface area contributed by atoms with Crippen molar-refractivity contribution in [3.63, 3.8) is 0 Å². The highest BCUT2D eigenvalue weighted by molar-refractivity contribution is 6.03. The fourth-order valence-electron chi connectivity index (χ4n) is 2.87. The van der Waals surface area contributed by atoms with Gasteiger partial charge in [0.15, 0.2) is 0 Å². The lowest BCUT2D eigenvalue weighted by molar-refractivity contribution is -0.00357. The van der Waals surface area contributed by atoms with Crippen LogP contribution in [0.1, 0.15) is 33.8 Å². The first-order valence-corrected chi connectivity index (χ1v) is 6.73. The number of Topliss-reactive ketones (excluding diaryl/α,β-unsaturated/α-hetero) is 1. The van der Waals surface area contributed by atoms with Crippen LogP contribution in [0, 0.1) is 5.82 Å². The Morgan fingerprint density at radius 3 is 2.52 bits per heavy atom. The molecule has 2 aromatic carbocycles. The number of ketones is 1. The molecule has 1 unspecified atom stereocenters. The van der Waals surface area contributed by atoms with Crippen LogP contribution in [0.15, 0.2) is 48.5 Å². The highest BCUT2D eigenvalue weighted by Gasteiger charge is 2.47. The van der Waals surface area contributed by atoms with Gasteiger partial charge in [0.2, 0.25) is 5.78 Å². The molecule has 2 aromatic rings. The third kappa shape index (κ3) is 2.58. The van der Waals surface area contributed by atoms with Gasteiger partial charge in [0.05, 0.1) is 0 Å². The van der Waals surface area contributed by atoms with Crippen molar-refractivity contribution in [2.75, 3.05) is 0 Å². The summed E-state index contributed by atoms with van der Waals surface area (Å²) < 4.78 is 41.2. The van der Waals surface area contributed by atoms with E-state index in [0.717, 1.165) is 17.7 Å². The van der Waals surface area contributed by atoms with E-state index >= 15 is 0 Å². The van der Waals surface area contributed by atoms with Crippen LogP contribution in [0.4, 0.5) is 13.2 Å². The van der Waals surface area contributed by atoms with Crippen molar-refractivity contribution in [2.45, 2.75) is 24.7 Å². The van der Waals surface area contributed by atoms with Gasteiger partial charge in [-0.15, -0.1) is 0 Å². The molecule has 0 bridgehead atoms. The second-order valence-electron chi connectivity index (χ2n) is 5.36. The Bertz CT molecular complexity index is 680. The Balaban J connectivity index is 2.03. The van der Waals surface area contributed by atoms with Crippen LogP contribution in [0.25, 0.3) is 0 Å². The molecule has 0 aliphatic heterocycles. The number of halogens is 3. The quantitative estimate of drug-likeness (QED) is 0.802. The van der Waals surface area contributed by atoms with Crippen molar-refractivity contribution in [1.82, 2.24) is 0 Å². The molecule has 21 heavy (non-hydrogen) atoms. The first kappa shape index (κ1) is 13.9. The zero-order valence-corrected chi connectivity index (χ0v) is 11.2. The summed E-state index contributed by atoms with van der Waals surface area (Å²) in [5.41, 5.74) is 1.21. The molecule has 0 N–H and O–H groups in total. The first-order chi connectivity index (χ1) is 9.97. The molecule has 108 valence electrons. The number of rotatable bonds is 2. The highest BCUT2D eigenvalue weighted by atomic mass is 19.3. The van der Waals surface area contributed by atoms with Crippen LogP contribution in [0.2, 0.25) is 0 Å². The van der Waals surface area contributed by atoms with E-state index in [9.17, 15) is 18.0 Å². The summed E-state index contributed by atoms with van der Waals surface area (Å²) in [5.74, 6) is -5.66. The molecule has 1 atom stereocenters. The van der Waals surface area contributed by atoms with Gasteiger partial charge in [-0.25, -0.2) is 4.39 Å². The Hall–Kier alpha value is -2.10. The molecule has 0 radical (unpaired) electrons. The third-order valence-electron chi connectivity index (χ3n) is 3.86. The van der Waals surface area contributed by atoms with E-state index in [2.05, 4.69) is 0 Å². The van der Waals surface area contributed by atoms with Crippen molar-refractivity contribution in [3.05, 3.63) is 71.0 Å². The Labute approximate surface area is 120 Å². The predicted octanol–water partition coefficient (Wildman–Crippen LogP) is 4.37. The fourth-order valence-corrected chi connectivity index (χ4v) is 2.87. The van der Waals surface area contributed by atoms with E-state index in [1.807, 2.05) is 30.3 Å². The zero-order valence-electron chi connectivity index (χ0n) is 11.2. The number of hydrogen-bond acceptors (Lipinski definition) is 1. The summed E-state index contributed by atoms with van der Waals surface area (Å²) in [7, 11) is 0. The van der Waals surface area contributed by atoms with E-state index < -0.39 is 29.9 Å². The second kappa shape index (κ2) is 5.02. The highest BCUT2D eigenvalue weighted by Crippen LogP contribution is 2.42. The minimum atomic E-state index is -3.38. The van der Waals surface area contributed by atoms with Crippen molar-refractivity contribution in [1.29, 1.82) is 0 Å². The molecule has 1 nitrogen and oxygen atoms in total. The number of hydrogen-bond donors (Lipinski definition) is 0. The lowest BCUT2D eigenvalue weighted by Gasteiger charge is -2.30. The number of carbonyl (C=O) groups is 1. The number of benzene rings is 2. The van der Waals surface area contributed by atoms with E-state index in [1.165, 1.54) is 6.07 Å². The minimum absolute atomic E-state index is 0.0615. The van der Waals surface area contributed by atoms with Crippen molar-refractivity contribution < 1.29 is 18.0 Å². The average Bonchev–Trinajstić information content (AvgIpc) is 2.45. The molecule has 3 rings (SSSR count). The molecule has 1 aliphatic rings. The minimum Gasteiger partial charge on any atom is -0.287 e. The lowest BCUT2D eigenvalue weighted by atomic mass is 9.77. The maximum atomic E-state index is 13.9. The standard InChI is InChI=1S/C17H13F3O/c18-13-6-7-14-15(9-13)12(10-17(19,20)16(14)21)8-11-4-2-1-3-5-11/h1-7,9,12H,8,10H2. The number of carbonyl (C=O) groups excluding carboxylic acids is 1. The van der Waals surface area contributed by atoms with E-state index in [0.29, 0.717) is 12.0 Å². The Morgan fingerprint density at radius 1 is 1.10 bits per heavy atom. The van der Waals surface area contributed by atoms with Gasteiger partial charge in [-0.05, 0) is 41.7 Å². The maximum absolute atomic E-state index is 13.9. The molecular formula is C17H13F3O. The summed E-state index contributed by atoms with van der Waals surface area (Å²) in [6, 6.07) is 12.6. The molecule has 0 spiro atoms. The molecule has 4 heteroatoms. The van der Waals surface area contributed by atoms with Gasteiger partial charge in [0, 0.05) is 12.0 Å². The zero-order chi connectivity index (χ0) is 15.0. The third-order valence-corrected chi connectivity index (χ3v) is 3.86. The van der Waals surface area contributed by atoms with Crippen molar-refractivity contribution >= 4 is 5.78 Å². The van der Waals surface area contributed by atoms with Gasteiger partial charge >= 0.3 is 5.92 Å². The SMILES string of the molecule is O=C1c2ccc(F)cc2C(Cc2ccccc2)CC1(F)F. The van der Waals surface area contributed by atoms with Crippen LogP contribution >= 0.6 is 0 Å². The molecule has 0 aromatic heterocycles. The monoisotopic (exact) mass is 290 g/mol. The molecule has 1 aliphatic carbocycles. The Morgan fingerprint density at radius 2 is 1.81 bits per heavy atom. The van der Waals surface area contributed by atoms with E-state index in [1.54, 1.807) is 0 Å². The first-order valence-electron chi connectivity index (χ1n) is 6.73. The maximum Gasteiger partial charge on any atom is 0.310 e. The van der Waals surface area contributed by atoms with E-state index in [-0.39, 0.29) is 5.56 Å². The van der Waals surface area contributed by atoms with Gasteiger partial charge in [-0.1, -0.05) is 30.3 Å². The van der Waals surface area contributed by atoms with Gasteiger partial charge < -0.3 is 0 Å².